The van der Waals surface area contributed by atoms with Gasteiger partial charge >= 0.3 is 0 Å². The van der Waals surface area contributed by atoms with Crippen LogP contribution in [0.4, 0.5) is 5.82 Å². The predicted octanol–water partition coefficient (Wildman–Crippen LogP) is 2.27. The molecule has 3 rings (SSSR count). The Labute approximate surface area is 176 Å². The van der Waals surface area contributed by atoms with Crippen molar-refractivity contribution in [2.75, 3.05) is 25.0 Å². The van der Waals surface area contributed by atoms with E-state index in [1.165, 1.54) is 9.75 Å². The number of piperidine rings is 1. The number of pyridine rings is 1. The third-order valence-corrected chi connectivity index (χ3v) is 6.39. The Hall–Kier alpha value is -2.61. The predicted molar refractivity (Wildman–Crippen MR) is 119 cm³/mol. The number of amides is 1. The van der Waals surface area contributed by atoms with Gasteiger partial charge in [-0.3, -0.25) is 9.79 Å². The van der Waals surface area contributed by atoms with Crippen molar-refractivity contribution < 1.29 is 4.79 Å². The fraction of sp³-hybridized carbons (Fsp3) is 0.476. The summed E-state index contributed by atoms with van der Waals surface area (Å²) in [5.74, 6) is 1.32. The number of thiophene rings is 1. The molecule has 156 valence electrons. The molecular weight excluding hydrogens is 384 g/mol. The van der Waals surface area contributed by atoms with Gasteiger partial charge in [0, 0.05) is 48.2 Å². The molecule has 0 saturated carbocycles. The van der Waals surface area contributed by atoms with Gasteiger partial charge in [-0.05, 0) is 37.5 Å². The number of rotatable bonds is 7. The number of aromatic nitrogens is 1. The number of carbonyl (C=O) groups is 1. The van der Waals surface area contributed by atoms with Crippen LogP contribution < -0.4 is 21.3 Å². The van der Waals surface area contributed by atoms with Crippen molar-refractivity contribution in [1.29, 1.82) is 0 Å². The second kappa shape index (κ2) is 10.2. The molecular formula is C21H30N6OS. The Morgan fingerprint density at radius 1 is 1.31 bits per heavy atom. The van der Waals surface area contributed by atoms with Gasteiger partial charge in [0.05, 0.1) is 12.5 Å². The van der Waals surface area contributed by atoms with E-state index in [2.05, 4.69) is 50.6 Å². The van der Waals surface area contributed by atoms with E-state index < -0.39 is 0 Å². The van der Waals surface area contributed by atoms with Crippen molar-refractivity contribution in [3.05, 3.63) is 45.8 Å². The number of anilines is 1. The minimum Gasteiger partial charge on any atom is -0.369 e. The monoisotopic (exact) mass is 414 g/mol. The van der Waals surface area contributed by atoms with Crippen LogP contribution in [-0.2, 0) is 24.3 Å². The summed E-state index contributed by atoms with van der Waals surface area (Å²) in [4.78, 5) is 25.4. The Morgan fingerprint density at radius 3 is 2.83 bits per heavy atom. The standard InChI is InChI=1S/C21H30N6OS/c1-3-17-8-9-18(29-17)13-26-21(23-2)25-12-15-6-4-10-24-20(15)27-11-5-7-16(14-27)19(22)28/h4,6,8-10,16H,3,5,7,11-14H2,1-2H3,(H2,22,28)(H2,23,25,26). The molecule has 1 aliphatic rings. The Balaban J connectivity index is 1.60. The molecule has 2 aromatic rings. The molecule has 0 bridgehead atoms. The van der Waals surface area contributed by atoms with Crippen LogP contribution in [0.25, 0.3) is 0 Å². The number of nitrogens with two attached hydrogens (primary N) is 1. The van der Waals surface area contributed by atoms with Crippen molar-refractivity contribution in [3.63, 3.8) is 0 Å². The number of hydrogen-bond acceptors (Lipinski definition) is 5. The quantitative estimate of drug-likeness (QED) is 0.477. The zero-order chi connectivity index (χ0) is 20.6. The summed E-state index contributed by atoms with van der Waals surface area (Å²) in [5.41, 5.74) is 6.61. The van der Waals surface area contributed by atoms with Crippen LogP contribution in [0.2, 0.25) is 0 Å². The van der Waals surface area contributed by atoms with Gasteiger partial charge in [-0.2, -0.15) is 0 Å². The van der Waals surface area contributed by atoms with Crippen LogP contribution in [-0.4, -0.2) is 37.0 Å². The largest absolute Gasteiger partial charge is 0.369 e. The highest BCUT2D eigenvalue weighted by molar-refractivity contribution is 7.11. The molecule has 1 aliphatic heterocycles. The van der Waals surface area contributed by atoms with E-state index >= 15 is 0 Å². The van der Waals surface area contributed by atoms with Crippen LogP contribution in [0, 0.1) is 5.92 Å². The lowest BCUT2D eigenvalue weighted by Gasteiger charge is -2.33. The second-order valence-corrected chi connectivity index (χ2v) is 8.43. The zero-order valence-corrected chi connectivity index (χ0v) is 18.0. The molecule has 0 aliphatic carbocycles. The smallest absolute Gasteiger partial charge is 0.222 e. The first-order chi connectivity index (χ1) is 14.1. The lowest BCUT2D eigenvalue weighted by molar-refractivity contribution is -0.122. The van der Waals surface area contributed by atoms with E-state index in [9.17, 15) is 4.79 Å². The number of nitrogens with one attached hydrogen (secondary N) is 2. The summed E-state index contributed by atoms with van der Waals surface area (Å²) in [6.07, 6.45) is 4.66. The van der Waals surface area contributed by atoms with Crippen molar-refractivity contribution in [3.8, 4) is 0 Å². The topological polar surface area (TPSA) is 95.6 Å². The summed E-state index contributed by atoms with van der Waals surface area (Å²) in [6, 6.07) is 8.33. The van der Waals surface area contributed by atoms with Gasteiger partial charge in [-0.1, -0.05) is 13.0 Å². The maximum atomic E-state index is 11.6. The van der Waals surface area contributed by atoms with Gasteiger partial charge in [0.1, 0.15) is 5.82 Å². The lowest BCUT2D eigenvalue weighted by atomic mass is 9.97. The summed E-state index contributed by atoms with van der Waals surface area (Å²) in [5, 5.41) is 6.74. The fourth-order valence-electron chi connectivity index (χ4n) is 3.53. The molecule has 1 atom stereocenters. The van der Waals surface area contributed by atoms with E-state index in [4.69, 9.17) is 5.73 Å². The minimum atomic E-state index is -0.227. The summed E-state index contributed by atoms with van der Waals surface area (Å²) in [7, 11) is 1.77. The summed E-state index contributed by atoms with van der Waals surface area (Å²) in [6.45, 7) is 5.04. The first-order valence-corrected chi connectivity index (χ1v) is 10.9. The molecule has 1 saturated heterocycles. The lowest BCUT2D eigenvalue weighted by Crippen LogP contribution is -2.42. The Bertz CT molecular complexity index is 849. The zero-order valence-electron chi connectivity index (χ0n) is 17.1. The van der Waals surface area contributed by atoms with Gasteiger partial charge in [0.15, 0.2) is 5.96 Å². The molecule has 1 fully saturated rings. The van der Waals surface area contributed by atoms with Crippen LogP contribution in [0.1, 0.15) is 35.1 Å². The molecule has 4 N–H and O–H groups in total. The SMILES string of the molecule is CCc1ccc(CNC(=NC)NCc2cccnc2N2CCCC(C(N)=O)C2)s1. The fourth-order valence-corrected chi connectivity index (χ4v) is 4.43. The second-order valence-electron chi connectivity index (χ2n) is 7.17. The number of guanidine groups is 1. The van der Waals surface area contributed by atoms with E-state index in [0.717, 1.165) is 49.7 Å². The maximum absolute atomic E-state index is 11.6. The minimum absolute atomic E-state index is 0.111. The average Bonchev–Trinajstić information content (AvgIpc) is 3.22. The first-order valence-electron chi connectivity index (χ1n) is 10.1. The molecule has 8 heteroatoms. The van der Waals surface area contributed by atoms with Gasteiger partial charge in [0.2, 0.25) is 5.91 Å². The van der Waals surface area contributed by atoms with Crippen LogP contribution in [0.15, 0.2) is 35.5 Å². The molecule has 7 nitrogen and oxygen atoms in total. The third-order valence-electron chi connectivity index (χ3n) is 5.16. The van der Waals surface area contributed by atoms with E-state index in [1.807, 2.05) is 17.4 Å². The highest BCUT2D eigenvalue weighted by Gasteiger charge is 2.25. The van der Waals surface area contributed by atoms with E-state index in [0.29, 0.717) is 13.1 Å². The number of primary amides is 1. The first kappa shape index (κ1) is 21.1. The Morgan fingerprint density at radius 2 is 2.10 bits per heavy atom. The van der Waals surface area contributed by atoms with E-state index in [-0.39, 0.29) is 11.8 Å². The third kappa shape index (κ3) is 5.69. The highest BCUT2D eigenvalue weighted by Crippen LogP contribution is 2.24. The average molecular weight is 415 g/mol. The summed E-state index contributed by atoms with van der Waals surface area (Å²) >= 11 is 1.82. The molecule has 3 heterocycles. The van der Waals surface area contributed by atoms with Gasteiger partial charge in [-0.25, -0.2) is 4.98 Å². The number of nitrogens with zero attached hydrogens (tertiary/aromatic N) is 3. The molecule has 1 amide bonds. The van der Waals surface area contributed by atoms with Crippen molar-refractivity contribution in [1.82, 2.24) is 15.6 Å². The maximum Gasteiger partial charge on any atom is 0.222 e. The van der Waals surface area contributed by atoms with Gasteiger partial charge < -0.3 is 21.3 Å². The molecule has 2 aromatic heterocycles. The van der Waals surface area contributed by atoms with Crippen molar-refractivity contribution in [2.24, 2.45) is 16.6 Å². The van der Waals surface area contributed by atoms with Gasteiger partial charge in [0.25, 0.3) is 0 Å². The summed E-state index contributed by atoms with van der Waals surface area (Å²) < 4.78 is 0. The van der Waals surface area contributed by atoms with Crippen LogP contribution in [0.5, 0.6) is 0 Å². The molecule has 0 radical (unpaired) electrons. The van der Waals surface area contributed by atoms with Gasteiger partial charge in [-0.15, -0.1) is 11.3 Å². The van der Waals surface area contributed by atoms with Crippen LogP contribution in [0.3, 0.4) is 0 Å². The Kier molecular flexibility index (Phi) is 7.46. The van der Waals surface area contributed by atoms with E-state index in [1.54, 1.807) is 13.2 Å². The normalized spacial score (nSPS) is 17.2. The van der Waals surface area contributed by atoms with Crippen molar-refractivity contribution >= 4 is 29.0 Å². The van der Waals surface area contributed by atoms with Crippen molar-refractivity contribution in [2.45, 2.75) is 39.3 Å². The van der Waals surface area contributed by atoms with Crippen LogP contribution >= 0.6 is 11.3 Å². The molecule has 0 spiro atoms. The number of aliphatic imine (C=N–C) groups is 1. The number of aryl methyl sites for hydroxylation is 1. The highest BCUT2D eigenvalue weighted by atomic mass is 32.1. The number of hydrogen-bond donors (Lipinski definition) is 3. The molecule has 29 heavy (non-hydrogen) atoms. The molecule has 0 aromatic carbocycles. The molecule has 1 unspecified atom stereocenters. The number of carbonyl (C=O) groups excluding carboxylic acids is 1.